The van der Waals surface area contributed by atoms with Crippen molar-refractivity contribution in [2.24, 2.45) is 0 Å². The van der Waals surface area contributed by atoms with Gasteiger partial charge in [0.25, 0.3) is 0 Å². The van der Waals surface area contributed by atoms with Crippen LogP contribution in [0.5, 0.6) is 0 Å². The molecule has 1 fully saturated rings. The van der Waals surface area contributed by atoms with Crippen molar-refractivity contribution >= 4 is 12.6 Å². The molecular weight excluding hydrogens is 192 g/mol. The van der Waals surface area contributed by atoms with E-state index in [2.05, 4.69) is 36.5 Å². The van der Waals surface area contributed by atoms with Crippen molar-refractivity contribution in [2.45, 2.75) is 31.7 Å². The van der Waals surface area contributed by atoms with Crippen molar-refractivity contribution in [3.63, 3.8) is 0 Å². The number of nitrogens with zero attached hydrogens (tertiary/aromatic N) is 2. The van der Waals surface area contributed by atoms with Gasteiger partial charge >= 0.3 is 0 Å². The molecule has 1 rings (SSSR count). The molecule has 0 bridgehead atoms. The quantitative estimate of drug-likeness (QED) is 0.552. The van der Waals surface area contributed by atoms with Crippen molar-refractivity contribution < 1.29 is 0 Å². The third-order valence-corrected chi connectivity index (χ3v) is 3.46. The lowest BCUT2D eigenvalue weighted by Crippen LogP contribution is -2.45. The van der Waals surface area contributed by atoms with Gasteiger partial charge in [-0.15, -0.1) is 0 Å². The largest absolute Gasteiger partial charge is 0.305 e. The summed E-state index contributed by atoms with van der Waals surface area (Å²) in [6, 6.07) is 0.786. The predicted octanol–water partition coefficient (Wildman–Crippen LogP) is 1.72. The molecule has 0 N–H and O–H groups in total. The van der Waals surface area contributed by atoms with Crippen molar-refractivity contribution in [2.75, 3.05) is 39.5 Å². The Morgan fingerprint density at radius 3 is 2.86 bits per heavy atom. The van der Waals surface area contributed by atoms with E-state index in [0.717, 1.165) is 11.8 Å². The molecule has 0 spiro atoms. The SMILES string of the molecule is CN1CCCC(N(C)CCCCS)C1. The van der Waals surface area contributed by atoms with Crippen LogP contribution in [-0.2, 0) is 0 Å². The van der Waals surface area contributed by atoms with Gasteiger partial charge in [0.1, 0.15) is 0 Å². The second-order valence-electron chi connectivity index (χ2n) is 4.47. The van der Waals surface area contributed by atoms with Crippen LogP contribution >= 0.6 is 12.6 Å². The zero-order valence-electron chi connectivity index (χ0n) is 9.58. The summed E-state index contributed by atoms with van der Waals surface area (Å²) >= 11 is 4.24. The van der Waals surface area contributed by atoms with E-state index in [9.17, 15) is 0 Å². The molecule has 0 aromatic heterocycles. The molecule has 0 saturated carbocycles. The van der Waals surface area contributed by atoms with Gasteiger partial charge < -0.3 is 9.80 Å². The second kappa shape index (κ2) is 6.70. The van der Waals surface area contributed by atoms with E-state index in [0.29, 0.717) is 0 Å². The molecule has 0 aromatic rings. The van der Waals surface area contributed by atoms with Crippen LogP contribution in [0, 0.1) is 0 Å². The summed E-state index contributed by atoms with van der Waals surface area (Å²) in [5, 5.41) is 0. The number of likely N-dealkylation sites (tertiary alicyclic amines) is 1. The minimum atomic E-state index is 0.786. The summed E-state index contributed by atoms with van der Waals surface area (Å²) in [5.41, 5.74) is 0. The molecule has 1 aliphatic heterocycles. The van der Waals surface area contributed by atoms with Crippen molar-refractivity contribution in [3.8, 4) is 0 Å². The Morgan fingerprint density at radius 1 is 1.43 bits per heavy atom. The number of hydrogen-bond acceptors (Lipinski definition) is 3. The van der Waals surface area contributed by atoms with E-state index in [1.165, 1.54) is 45.3 Å². The molecule has 1 unspecified atom stereocenters. The Balaban J connectivity index is 2.18. The van der Waals surface area contributed by atoms with Gasteiger partial charge in [0.2, 0.25) is 0 Å². The van der Waals surface area contributed by atoms with Gasteiger partial charge in [0.15, 0.2) is 0 Å². The third kappa shape index (κ3) is 4.20. The van der Waals surface area contributed by atoms with Gasteiger partial charge in [-0.3, -0.25) is 0 Å². The fraction of sp³-hybridized carbons (Fsp3) is 1.00. The van der Waals surface area contributed by atoms with E-state index in [4.69, 9.17) is 0 Å². The average Bonchev–Trinajstić information content (AvgIpc) is 2.18. The molecule has 84 valence electrons. The lowest BCUT2D eigenvalue weighted by atomic mass is 10.0. The fourth-order valence-corrected chi connectivity index (χ4v) is 2.38. The van der Waals surface area contributed by atoms with Gasteiger partial charge in [-0.2, -0.15) is 12.6 Å². The molecule has 1 atom stereocenters. The fourth-order valence-electron chi connectivity index (χ4n) is 2.15. The second-order valence-corrected chi connectivity index (χ2v) is 4.92. The Morgan fingerprint density at radius 2 is 2.21 bits per heavy atom. The summed E-state index contributed by atoms with van der Waals surface area (Å²) in [6.07, 6.45) is 5.27. The molecule has 0 aliphatic carbocycles. The summed E-state index contributed by atoms with van der Waals surface area (Å²) in [7, 11) is 4.50. The lowest BCUT2D eigenvalue weighted by molar-refractivity contribution is 0.133. The molecule has 3 heteroatoms. The molecule has 14 heavy (non-hydrogen) atoms. The molecular formula is C11H24N2S. The highest BCUT2D eigenvalue weighted by atomic mass is 32.1. The van der Waals surface area contributed by atoms with Crippen molar-refractivity contribution in [3.05, 3.63) is 0 Å². The number of piperidine rings is 1. The first-order valence-corrected chi connectivity index (χ1v) is 6.37. The van der Waals surface area contributed by atoms with Crippen LogP contribution in [0.25, 0.3) is 0 Å². The minimum Gasteiger partial charge on any atom is -0.305 e. The van der Waals surface area contributed by atoms with Crippen LogP contribution in [0.2, 0.25) is 0 Å². The van der Waals surface area contributed by atoms with Crippen LogP contribution in [0.3, 0.4) is 0 Å². The summed E-state index contributed by atoms with van der Waals surface area (Å²) < 4.78 is 0. The van der Waals surface area contributed by atoms with Gasteiger partial charge in [0.05, 0.1) is 0 Å². The standard InChI is InChI=1S/C11H24N2S/c1-12-7-5-6-11(10-12)13(2)8-3-4-9-14/h11,14H,3-10H2,1-2H3. The minimum absolute atomic E-state index is 0.786. The summed E-state index contributed by atoms with van der Waals surface area (Å²) in [6.45, 7) is 3.76. The van der Waals surface area contributed by atoms with E-state index in [1.54, 1.807) is 0 Å². The first-order valence-electron chi connectivity index (χ1n) is 5.73. The van der Waals surface area contributed by atoms with Crippen molar-refractivity contribution in [1.82, 2.24) is 9.80 Å². The van der Waals surface area contributed by atoms with Crippen LogP contribution in [-0.4, -0.2) is 55.3 Å². The van der Waals surface area contributed by atoms with E-state index < -0.39 is 0 Å². The first-order chi connectivity index (χ1) is 6.74. The zero-order chi connectivity index (χ0) is 10.4. The molecule has 0 amide bonds. The van der Waals surface area contributed by atoms with Crippen LogP contribution in [0.4, 0.5) is 0 Å². The van der Waals surface area contributed by atoms with Gasteiger partial charge in [0, 0.05) is 12.6 Å². The predicted molar refractivity (Wildman–Crippen MR) is 66.2 cm³/mol. The van der Waals surface area contributed by atoms with Crippen LogP contribution < -0.4 is 0 Å². The first kappa shape index (κ1) is 12.3. The maximum Gasteiger partial charge on any atom is 0.0220 e. The van der Waals surface area contributed by atoms with E-state index in [-0.39, 0.29) is 0 Å². The highest BCUT2D eigenvalue weighted by Gasteiger charge is 2.20. The maximum absolute atomic E-state index is 4.24. The van der Waals surface area contributed by atoms with Crippen LogP contribution in [0.15, 0.2) is 0 Å². The molecule has 1 heterocycles. The normalized spacial score (nSPS) is 24.4. The number of unbranched alkanes of at least 4 members (excludes halogenated alkanes) is 1. The van der Waals surface area contributed by atoms with Gasteiger partial charge in [-0.1, -0.05) is 0 Å². The molecule has 0 aromatic carbocycles. The zero-order valence-corrected chi connectivity index (χ0v) is 10.5. The molecule has 2 nitrogen and oxygen atoms in total. The molecule has 1 aliphatic rings. The number of rotatable bonds is 5. The Kier molecular flexibility index (Phi) is 5.90. The summed E-state index contributed by atoms with van der Waals surface area (Å²) in [5.74, 6) is 1.03. The summed E-state index contributed by atoms with van der Waals surface area (Å²) in [4.78, 5) is 4.97. The third-order valence-electron chi connectivity index (χ3n) is 3.14. The average molecular weight is 216 g/mol. The monoisotopic (exact) mass is 216 g/mol. The number of hydrogen-bond donors (Lipinski definition) is 1. The number of thiol groups is 1. The number of likely N-dealkylation sites (N-methyl/N-ethyl adjacent to an activating group) is 2. The highest BCUT2D eigenvalue weighted by Crippen LogP contribution is 2.13. The lowest BCUT2D eigenvalue weighted by Gasteiger charge is -2.35. The van der Waals surface area contributed by atoms with Gasteiger partial charge in [-0.05, 0) is 58.6 Å². The Bertz CT molecular complexity index is 152. The van der Waals surface area contributed by atoms with E-state index >= 15 is 0 Å². The topological polar surface area (TPSA) is 6.48 Å². The van der Waals surface area contributed by atoms with Gasteiger partial charge in [-0.25, -0.2) is 0 Å². The van der Waals surface area contributed by atoms with Crippen LogP contribution in [0.1, 0.15) is 25.7 Å². The highest BCUT2D eigenvalue weighted by molar-refractivity contribution is 7.80. The van der Waals surface area contributed by atoms with Crippen molar-refractivity contribution in [1.29, 1.82) is 0 Å². The molecule has 0 radical (unpaired) electrons. The van der Waals surface area contributed by atoms with E-state index in [1.807, 2.05) is 0 Å². The Hall–Kier alpha value is 0.270. The maximum atomic E-state index is 4.24. The Labute approximate surface area is 94.1 Å². The smallest absolute Gasteiger partial charge is 0.0220 e. The molecule has 1 saturated heterocycles.